The molecule has 35 heavy (non-hydrogen) atoms. The maximum Gasteiger partial charge on any atom is 0.254 e. The number of anilines is 1. The molecule has 178 valence electrons. The second kappa shape index (κ2) is 9.02. The molecule has 0 saturated heterocycles. The highest BCUT2D eigenvalue weighted by Gasteiger charge is 2.39. The Labute approximate surface area is 200 Å². The third-order valence-electron chi connectivity index (χ3n) is 6.71. The Morgan fingerprint density at radius 1 is 1.11 bits per heavy atom. The summed E-state index contributed by atoms with van der Waals surface area (Å²) >= 11 is 0. The van der Waals surface area contributed by atoms with E-state index >= 15 is 0 Å². The van der Waals surface area contributed by atoms with Crippen LogP contribution in [0.3, 0.4) is 0 Å². The number of hydrogen-bond acceptors (Lipinski definition) is 4. The van der Waals surface area contributed by atoms with E-state index in [9.17, 15) is 22.8 Å². The number of benzene rings is 2. The lowest BCUT2D eigenvalue weighted by Crippen LogP contribution is -2.42. The second-order valence-corrected chi connectivity index (χ2v) is 8.79. The number of hydrogen-bond donors (Lipinski definition) is 1. The fraction of sp³-hybridized carbons (Fsp3) is 0.222. The molecular formula is C27H22F3N3O2. The van der Waals surface area contributed by atoms with E-state index in [4.69, 9.17) is 0 Å². The number of rotatable bonds is 5. The Morgan fingerprint density at radius 3 is 2.60 bits per heavy atom. The van der Waals surface area contributed by atoms with Gasteiger partial charge in [-0.25, -0.2) is 13.2 Å². The number of carbonyl (C=O) groups excluding carboxylic acids is 2. The van der Waals surface area contributed by atoms with Gasteiger partial charge in [-0.15, -0.1) is 0 Å². The molecule has 1 aliphatic carbocycles. The normalized spacial score (nSPS) is 18.1. The van der Waals surface area contributed by atoms with Gasteiger partial charge >= 0.3 is 0 Å². The molecule has 1 N–H and O–H groups in total. The Balaban J connectivity index is 1.59. The molecule has 1 amide bonds. The smallest absolute Gasteiger partial charge is 0.254 e. The van der Waals surface area contributed by atoms with Crippen molar-refractivity contribution in [3.05, 3.63) is 101 Å². The van der Waals surface area contributed by atoms with Crippen molar-refractivity contribution in [1.82, 2.24) is 10.3 Å². The summed E-state index contributed by atoms with van der Waals surface area (Å²) in [5.41, 5.74) is 1.98. The van der Waals surface area contributed by atoms with E-state index in [-0.39, 0.29) is 29.0 Å². The van der Waals surface area contributed by atoms with Gasteiger partial charge in [0, 0.05) is 35.9 Å². The molecule has 5 rings (SSSR count). The van der Waals surface area contributed by atoms with Crippen molar-refractivity contribution >= 4 is 23.0 Å². The van der Waals surface area contributed by atoms with Gasteiger partial charge < -0.3 is 10.2 Å². The van der Waals surface area contributed by atoms with Gasteiger partial charge in [0.25, 0.3) is 5.91 Å². The second-order valence-electron chi connectivity index (χ2n) is 8.79. The highest BCUT2D eigenvalue weighted by Crippen LogP contribution is 2.39. The minimum atomic E-state index is -0.801. The topological polar surface area (TPSA) is 62.3 Å². The average Bonchev–Trinajstić information content (AvgIpc) is 2.82. The van der Waals surface area contributed by atoms with Crippen LogP contribution in [0.15, 0.2) is 66.6 Å². The third kappa shape index (κ3) is 4.20. The molecule has 1 fully saturated rings. The largest absolute Gasteiger partial charge is 0.344 e. The number of amides is 1. The van der Waals surface area contributed by atoms with E-state index in [2.05, 4.69) is 10.3 Å². The zero-order valence-electron chi connectivity index (χ0n) is 18.9. The number of nitrogens with zero attached hydrogens (tertiary/aromatic N) is 2. The minimum absolute atomic E-state index is 0.0246. The first-order valence-electron chi connectivity index (χ1n) is 11.3. The van der Waals surface area contributed by atoms with Crippen molar-refractivity contribution in [1.29, 1.82) is 0 Å². The zero-order chi connectivity index (χ0) is 24.7. The summed E-state index contributed by atoms with van der Waals surface area (Å²) in [5, 5.41) is 2.87. The number of carbonyl (C=O) groups is 2. The van der Waals surface area contributed by atoms with Gasteiger partial charge in [0.15, 0.2) is 0 Å². The van der Waals surface area contributed by atoms with Gasteiger partial charge in [-0.3, -0.25) is 14.6 Å². The Hall–Kier alpha value is -3.94. The molecule has 2 aromatic carbocycles. The monoisotopic (exact) mass is 477 g/mol. The molecule has 1 unspecified atom stereocenters. The van der Waals surface area contributed by atoms with E-state index in [0.717, 1.165) is 12.1 Å². The summed E-state index contributed by atoms with van der Waals surface area (Å²) in [6.07, 6.45) is 4.14. The first kappa shape index (κ1) is 22.8. The van der Waals surface area contributed by atoms with Crippen LogP contribution in [0.5, 0.6) is 0 Å². The van der Waals surface area contributed by atoms with E-state index in [0.29, 0.717) is 29.8 Å². The van der Waals surface area contributed by atoms with Crippen molar-refractivity contribution in [3.63, 3.8) is 0 Å². The van der Waals surface area contributed by atoms with Gasteiger partial charge in [-0.1, -0.05) is 12.1 Å². The quantitative estimate of drug-likeness (QED) is 0.556. The number of Topliss-reactive ketones (excluding diaryl/α,β-unsaturated/α-hetero) is 1. The lowest BCUT2D eigenvalue weighted by molar-refractivity contribution is -0.131. The van der Waals surface area contributed by atoms with Crippen LogP contribution < -0.4 is 10.2 Å². The average molecular weight is 477 g/mol. The first-order chi connectivity index (χ1) is 16.8. The molecule has 2 atom stereocenters. The van der Waals surface area contributed by atoms with Crippen molar-refractivity contribution < 1.29 is 22.8 Å². The van der Waals surface area contributed by atoms with Crippen LogP contribution >= 0.6 is 0 Å². The number of halogens is 3. The number of nitrogens with one attached hydrogen (secondary N) is 1. The molecule has 0 spiro atoms. The van der Waals surface area contributed by atoms with E-state index in [1.807, 2.05) is 0 Å². The first-order valence-corrected chi connectivity index (χ1v) is 11.3. The van der Waals surface area contributed by atoms with Gasteiger partial charge in [-0.2, -0.15) is 0 Å². The number of fused-ring (bicyclic) bond motifs is 1. The van der Waals surface area contributed by atoms with Crippen LogP contribution in [0.25, 0.3) is 5.57 Å². The van der Waals surface area contributed by atoms with Crippen LogP contribution in [0.2, 0.25) is 0 Å². The molecule has 3 aromatic rings. The summed E-state index contributed by atoms with van der Waals surface area (Å²) < 4.78 is 43.1. The van der Waals surface area contributed by atoms with Crippen LogP contribution in [0.4, 0.5) is 18.9 Å². The number of allylic oxidation sites excluding steroid dienone is 1. The van der Waals surface area contributed by atoms with Crippen molar-refractivity contribution in [2.45, 2.75) is 32.4 Å². The Bertz CT molecular complexity index is 1360. The molecule has 0 radical (unpaired) electrons. The van der Waals surface area contributed by atoms with Crippen molar-refractivity contribution in [3.8, 4) is 0 Å². The predicted molar refractivity (Wildman–Crippen MR) is 124 cm³/mol. The molecule has 5 nitrogen and oxygen atoms in total. The van der Waals surface area contributed by atoms with Crippen LogP contribution in [-0.2, 0) is 16.1 Å². The van der Waals surface area contributed by atoms with Gasteiger partial charge in [-0.05, 0) is 54.8 Å². The molecule has 1 saturated carbocycles. The van der Waals surface area contributed by atoms with E-state index in [1.165, 1.54) is 18.2 Å². The maximum atomic E-state index is 14.9. The number of pyridine rings is 1. The van der Waals surface area contributed by atoms with Crippen LogP contribution in [0.1, 0.15) is 42.5 Å². The van der Waals surface area contributed by atoms with Crippen LogP contribution in [0, 0.1) is 23.4 Å². The lowest BCUT2D eigenvalue weighted by atomic mass is 9.75. The minimum Gasteiger partial charge on any atom is -0.344 e. The zero-order valence-corrected chi connectivity index (χ0v) is 18.9. The van der Waals surface area contributed by atoms with Crippen molar-refractivity contribution in [2.24, 2.45) is 5.92 Å². The molecule has 1 aliphatic heterocycles. The van der Waals surface area contributed by atoms with Gasteiger partial charge in [0.2, 0.25) is 0 Å². The molecule has 0 bridgehead atoms. The molecule has 1 aromatic heterocycles. The molecular weight excluding hydrogens is 455 g/mol. The summed E-state index contributed by atoms with van der Waals surface area (Å²) in [5.74, 6) is -3.17. The summed E-state index contributed by atoms with van der Waals surface area (Å²) in [6.45, 7) is 1.78. The van der Waals surface area contributed by atoms with E-state index in [1.54, 1.807) is 42.4 Å². The lowest BCUT2D eigenvalue weighted by Gasteiger charge is -2.36. The molecule has 2 heterocycles. The number of aromatic nitrogens is 1. The van der Waals surface area contributed by atoms with Gasteiger partial charge in [0.1, 0.15) is 23.2 Å². The molecule has 2 aliphatic rings. The number of ketones is 1. The fourth-order valence-electron chi connectivity index (χ4n) is 4.79. The SMILES string of the molecule is CC1=C(C(=O)N[C@H](c2cccc(F)c2)C2CCC2=O)c2cc(F)cc(F)c2CN1c1cccnc1. The van der Waals surface area contributed by atoms with Crippen molar-refractivity contribution in [2.75, 3.05) is 4.90 Å². The Kier molecular flexibility index (Phi) is 5.88. The van der Waals surface area contributed by atoms with Gasteiger partial charge in [0.05, 0.1) is 30.0 Å². The predicted octanol–water partition coefficient (Wildman–Crippen LogP) is 5.09. The molecule has 8 heteroatoms. The maximum absolute atomic E-state index is 14.9. The third-order valence-corrected chi connectivity index (χ3v) is 6.71. The Morgan fingerprint density at radius 2 is 1.94 bits per heavy atom. The fourth-order valence-corrected chi connectivity index (χ4v) is 4.79. The summed E-state index contributed by atoms with van der Waals surface area (Å²) in [6, 6.07) is 10.4. The highest BCUT2D eigenvalue weighted by molar-refractivity contribution is 6.22. The van der Waals surface area contributed by atoms with Crippen LogP contribution in [-0.4, -0.2) is 16.7 Å². The summed E-state index contributed by atoms with van der Waals surface area (Å²) in [7, 11) is 0. The highest BCUT2D eigenvalue weighted by atomic mass is 19.1. The van der Waals surface area contributed by atoms with E-state index < -0.39 is 35.3 Å². The summed E-state index contributed by atoms with van der Waals surface area (Å²) in [4.78, 5) is 31.9. The standard InChI is InChI=1S/C27H22F3N3O2/c1-15-25(27(35)32-26(20-7-8-24(20)34)16-4-2-5-17(28)10-16)21-11-18(29)12-23(30)22(21)14-33(15)19-6-3-9-31-13-19/h2-6,9-13,20,26H,7-8,14H2,1H3,(H,32,35)/t20?,26-/m1/s1.